The van der Waals surface area contributed by atoms with Crippen LogP contribution in [-0.2, 0) is 17.8 Å². The van der Waals surface area contributed by atoms with E-state index in [-0.39, 0.29) is 24.0 Å². The highest BCUT2D eigenvalue weighted by Crippen LogP contribution is 2.28. The summed E-state index contributed by atoms with van der Waals surface area (Å²) in [4.78, 5) is 6.83. The van der Waals surface area contributed by atoms with E-state index in [1.807, 2.05) is 33.0 Å². The highest BCUT2D eigenvalue weighted by Gasteiger charge is 2.24. The van der Waals surface area contributed by atoms with Crippen molar-refractivity contribution in [1.82, 2.24) is 10.2 Å². The van der Waals surface area contributed by atoms with Crippen molar-refractivity contribution in [3.05, 3.63) is 59.7 Å². The lowest BCUT2D eigenvalue weighted by molar-refractivity contribution is 0.0907. The highest BCUT2D eigenvalue weighted by molar-refractivity contribution is 14.0. The van der Waals surface area contributed by atoms with Crippen LogP contribution in [0, 0.1) is 5.92 Å². The third-order valence-electron chi connectivity index (χ3n) is 5.57. The Morgan fingerprint density at radius 2 is 1.79 bits per heavy atom. The van der Waals surface area contributed by atoms with Gasteiger partial charge in [0.2, 0.25) is 0 Å². The lowest BCUT2D eigenvalue weighted by Crippen LogP contribution is -2.41. The molecule has 1 N–H and O–H groups in total. The molecule has 1 saturated heterocycles. The van der Waals surface area contributed by atoms with Gasteiger partial charge in [-0.1, -0.05) is 36.4 Å². The summed E-state index contributed by atoms with van der Waals surface area (Å²) < 4.78 is 17.4. The molecule has 0 amide bonds. The summed E-state index contributed by atoms with van der Waals surface area (Å²) >= 11 is 0. The molecule has 6 nitrogen and oxygen atoms in total. The first kappa shape index (κ1) is 27.2. The maximum absolute atomic E-state index is 5.95. The first-order chi connectivity index (χ1) is 15.7. The number of benzene rings is 2. The molecule has 33 heavy (non-hydrogen) atoms. The second-order valence-electron chi connectivity index (χ2n) is 7.97. The second-order valence-corrected chi connectivity index (χ2v) is 7.97. The number of hydrogen-bond donors (Lipinski definition) is 1. The highest BCUT2D eigenvalue weighted by atomic mass is 127. The molecule has 1 atom stereocenters. The van der Waals surface area contributed by atoms with Gasteiger partial charge in [-0.3, -0.25) is 4.99 Å². The van der Waals surface area contributed by atoms with Gasteiger partial charge in [-0.2, -0.15) is 0 Å². The predicted molar refractivity (Wildman–Crippen MR) is 145 cm³/mol. The average Bonchev–Trinajstić information content (AvgIpc) is 3.28. The van der Waals surface area contributed by atoms with Gasteiger partial charge in [0, 0.05) is 32.6 Å². The van der Waals surface area contributed by atoms with Gasteiger partial charge in [-0.25, -0.2) is 0 Å². The van der Waals surface area contributed by atoms with Crippen LogP contribution in [-0.4, -0.2) is 57.4 Å². The van der Waals surface area contributed by atoms with Gasteiger partial charge in [-0.15, -0.1) is 24.0 Å². The number of ether oxygens (including phenoxy) is 3. The van der Waals surface area contributed by atoms with Crippen LogP contribution in [0.2, 0.25) is 0 Å². The molecule has 2 aromatic carbocycles. The zero-order valence-corrected chi connectivity index (χ0v) is 22.4. The van der Waals surface area contributed by atoms with E-state index >= 15 is 0 Å². The number of nitrogens with one attached hydrogen (secondary N) is 1. The largest absolute Gasteiger partial charge is 0.490 e. The van der Waals surface area contributed by atoms with Crippen LogP contribution in [0.1, 0.15) is 31.4 Å². The van der Waals surface area contributed by atoms with Crippen molar-refractivity contribution >= 4 is 29.9 Å². The monoisotopic (exact) mass is 567 g/mol. The van der Waals surface area contributed by atoms with Gasteiger partial charge in [0.05, 0.1) is 26.4 Å². The molecule has 1 aliphatic heterocycles. The van der Waals surface area contributed by atoms with Crippen molar-refractivity contribution in [3.8, 4) is 11.5 Å². The van der Waals surface area contributed by atoms with E-state index < -0.39 is 0 Å². The quantitative estimate of drug-likeness (QED) is 0.241. The summed E-state index contributed by atoms with van der Waals surface area (Å²) in [6, 6.07) is 16.5. The molecule has 0 aliphatic carbocycles. The van der Waals surface area contributed by atoms with Crippen LogP contribution in [0.25, 0.3) is 0 Å². The van der Waals surface area contributed by atoms with Gasteiger partial charge in [0.25, 0.3) is 0 Å². The van der Waals surface area contributed by atoms with Gasteiger partial charge >= 0.3 is 0 Å². The van der Waals surface area contributed by atoms with Crippen molar-refractivity contribution in [3.63, 3.8) is 0 Å². The maximum Gasteiger partial charge on any atom is 0.193 e. The normalized spacial score (nSPS) is 15.8. The van der Waals surface area contributed by atoms with E-state index in [2.05, 4.69) is 51.6 Å². The Balaban J connectivity index is 0.00000385. The lowest BCUT2D eigenvalue weighted by Gasteiger charge is -2.22. The average molecular weight is 568 g/mol. The Bertz CT molecular complexity index is 848. The van der Waals surface area contributed by atoms with Crippen molar-refractivity contribution < 1.29 is 14.2 Å². The Morgan fingerprint density at radius 3 is 2.52 bits per heavy atom. The lowest BCUT2D eigenvalue weighted by atomic mass is 10.1. The molecule has 1 heterocycles. The molecule has 1 fully saturated rings. The summed E-state index contributed by atoms with van der Waals surface area (Å²) in [5.41, 5.74) is 2.44. The van der Waals surface area contributed by atoms with Crippen LogP contribution in [0.15, 0.2) is 53.5 Å². The minimum absolute atomic E-state index is 0. The Hall–Kier alpha value is -2.00. The fourth-order valence-electron chi connectivity index (χ4n) is 3.98. The van der Waals surface area contributed by atoms with Crippen LogP contribution in [0.4, 0.5) is 0 Å². The molecule has 1 aliphatic rings. The summed E-state index contributed by atoms with van der Waals surface area (Å²) in [5, 5.41) is 3.52. The van der Waals surface area contributed by atoms with Crippen LogP contribution >= 0.6 is 24.0 Å². The van der Waals surface area contributed by atoms with Crippen LogP contribution < -0.4 is 14.8 Å². The van der Waals surface area contributed by atoms with E-state index in [9.17, 15) is 0 Å². The standard InChI is InChI=1S/C26H37N3O3.HI/c1-4-31-24-12-11-21(17-25(24)32-5-2)13-15-28-26(27-3)29-16-14-23(18-29)20-30-19-22-9-7-6-8-10-22;/h6-12,17,23H,4-5,13-16,18-20H2,1-3H3,(H,27,28);1H. The topological polar surface area (TPSA) is 55.3 Å². The summed E-state index contributed by atoms with van der Waals surface area (Å²) in [5.74, 6) is 3.12. The van der Waals surface area contributed by atoms with Crippen LogP contribution in [0.5, 0.6) is 11.5 Å². The van der Waals surface area contributed by atoms with Gasteiger partial charge in [-0.05, 0) is 49.9 Å². The van der Waals surface area contributed by atoms with Crippen LogP contribution in [0.3, 0.4) is 0 Å². The minimum atomic E-state index is 0. The number of aliphatic imine (C=N–C) groups is 1. The number of guanidine groups is 1. The molecule has 3 rings (SSSR count). The molecule has 0 spiro atoms. The van der Waals surface area contributed by atoms with Crippen molar-refractivity contribution in [2.45, 2.75) is 33.3 Å². The zero-order chi connectivity index (χ0) is 22.6. The third-order valence-corrected chi connectivity index (χ3v) is 5.57. The summed E-state index contributed by atoms with van der Waals surface area (Å²) in [6.45, 7) is 9.50. The van der Waals surface area contributed by atoms with Crippen molar-refractivity contribution in [2.75, 3.05) is 46.5 Å². The Labute approximate surface area is 215 Å². The summed E-state index contributed by atoms with van der Waals surface area (Å²) in [6.07, 6.45) is 2.02. The zero-order valence-electron chi connectivity index (χ0n) is 20.1. The number of likely N-dealkylation sites (tertiary alicyclic amines) is 1. The molecule has 0 aromatic heterocycles. The van der Waals surface area contributed by atoms with E-state index in [1.54, 1.807) is 0 Å². The van der Waals surface area contributed by atoms with E-state index in [4.69, 9.17) is 14.2 Å². The van der Waals surface area contributed by atoms with Gasteiger partial charge < -0.3 is 24.4 Å². The fourth-order valence-corrected chi connectivity index (χ4v) is 3.98. The Morgan fingerprint density at radius 1 is 1.03 bits per heavy atom. The van der Waals surface area contributed by atoms with Gasteiger partial charge in [0.15, 0.2) is 17.5 Å². The molecule has 182 valence electrons. The maximum atomic E-state index is 5.95. The second kappa shape index (κ2) is 15.0. The predicted octanol–water partition coefficient (Wildman–Crippen LogP) is 4.76. The smallest absolute Gasteiger partial charge is 0.193 e. The first-order valence-electron chi connectivity index (χ1n) is 11.7. The van der Waals surface area contributed by atoms with Gasteiger partial charge in [0.1, 0.15) is 0 Å². The van der Waals surface area contributed by atoms with E-state index in [0.717, 1.165) is 56.5 Å². The molecule has 1 unspecified atom stereocenters. The summed E-state index contributed by atoms with van der Waals surface area (Å²) in [7, 11) is 1.85. The first-order valence-corrected chi connectivity index (χ1v) is 11.7. The van der Waals surface area contributed by atoms with Crippen molar-refractivity contribution in [2.24, 2.45) is 10.9 Å². The number of rotatable bonds is 11. The molecule has 0 radical (unpaired) electrons. The number of nitrogens with zero attached hydrogens (tertiary/aromatic N) is 2. The SMILES string of the molecule is CCOc1ccc(CCNC(=NC)N2CCC(COCc3ccccc3)C2)cc1OCC.I. The van der Waals surface area contributed by atoms with E-state index in [1.165, 1.54) is 11.1 Å². The van der Waals surface area contributed by atoms with Crippen molar-refractivity contribution in [1.29, 1.82) is 0 Å². The molecule has 0 saturated carbocycles. The molecule has 7 heteroatoms. The number of hydrogen-bond acceptors (Lipinski definition) is 4. The molecular formula is C26H38IN3O3. The molecule has 2 aromatic rings. The molecular weight excluding hydrogens is 529 g/mol. The third kappa shape index (κ3) is 8.70. The number of halogens is 1. The minimum Gasteiger partial charge on any atom is -0.490 e. The van der Waals surface area contributed by atoms with E-state index in [0.29, 0.717) is 25.7 Å². The Kier molecular flexibility index (Phi) is 12.4. The molecule has 0 bridgehead atoms. The fraction of sp³-hybridized carbons (Fsp3) is 0.500.